The monoisotopic (exact) mass is 304 g/mol. The largest absolute Gasteiger partial charge is 0.303 e. The maximum atomic E-state index is 12.5. The number of anilines is 1. The third kappa shape index (κ3) is 4.09. The summed E-state index contributed by atoms with van der Waals surface area (Å²) in [4.78, 5) is 0. The standard InChI is InChI=1S/C13H21ClN2O2S/c1-4-16(13-8-6-12(2)7-9-13)19(17,18)15(3)11-5-10-14/h6-9H,4-5,10-11H2,1-3H3. The number of hydrogen-bond donors (Lipinski definition) is 0. The molecule has 0 saturated carbocycles. The predicted molar refractivity (Wildman–Crippen MR) is 81.1 cm³/mol. The number of alkyl halides is 1. The minimum Gasteiger partial charge on any atom is -0.258 e. The second-order valence-electron chi connectivity index (χ2n) is 4.37. The minimum absolute atomic E-state index is 0.399. The second kappa shape index (κ2) is 7.12. The van der Waals surface area contributed by atoms with E-state index in [0.717, 1.165) is 5.56 Å². The lowest BCUT2D eigenvalue weighted by atomic mass is 10.2. The lowest BCUT2D eigenvalue weighted by molar-refractivity contribution is 0.466. The zero-order valence-electron chi connectivity index (χ0n) is 11.6. The molecule has 1 aromatic rings. The molecule has 4 nitrogen and oxygen atoms in total. The molecular weight excluding hydrogens is 284 g/mol. The van der Waals surface area contributed by atoms with Gasteiger partial charge in [-0.2, -0.15) is 12.7 Å². The molecule has 0 atom stereocenters. The smallest absolute Gasteiger partial charge is 0.258 e. The molecule has 0 aliphatic carbocycles. The summed E-state index contributed by atoms with van der Waals surface area (Å²) < 4.78 is 27.7. The van der Waals surface area contributed by atoms with Crippen molar-refractivity contribution in [2.24, 2.45) is 0 Å². The quantitative estimate of drug-likeness (QED) is 0.727. The van der Waals surface area contributed by atoms with Gasteiger partial charge in [0.05, 0.1) is 5.69 Å². The van der Waals surface area contributed by atoms with Crippen LogP contribution in [0, 0.1) is 6.92 Å². The fraction of sp³-hybridized carbons (Fsp3) is 0.538. The first-order chi connectivity index (χ1) is 8.93. The molecule has 0 amide bonds. The number of halogens is 1. The average Bonchev–Trinajstić information content (AvgIpc) is 2.38. The van der Waals surface area contributed by atoms with Crippen molar-refractivity contribution in [2.75, 3.05) is 30.3 Å². The van der Waals surface area contributed by atoms with E-state index < -0.39 is 10.2 Å². The van der Waals surface area contributed by atoms with E-state index in [1.807, 2.05) is 38.1 Å². The van der Waals surface area contributed by atoms with Crippen LogP contribution in [0.5, 0.6) is 0 Å². The summed E-state index contributed by atoms with van der Waals surface area (Å²) in [6.07, 6.45) is 0.642. The van der Waals surface area contributed by atoms with Crippen molar-refractivity contribution in [3.8, 4) is 0 Å². The molecule has 108 valence electrons. The van der Waals surface area contributed by atoms with Gasteiger partial charge in [0.25, 0.3) is 0 Å². The predicted octanol–water partition coefficient (Wildman–Crippen LogP) is 2.63. The number of hydrogen-bond acceptors (Lipinski definition) is 2. The highest BCUT2D eigenvalue weighted by Gasteiger charge is 2.25. The first-order valence-corrected chi connectivity index (χ1v) is 8.23. The highest BCUT2D eigenvalue weighted by molar-refractivity contribution is 7.90. The Morgan fingerprint density at radius 1 is 1.21 bits per heavy atom. The van der Waals surface area contributed by atoms with E-state index >= 15 is 0 Å². The van der Waals surface area contributed by atoms with Crippen molar-refractivity contribution in [1.29, 1.82) is 0 Å². The second-order valence-corrected chi connectivity index (χ2v) is 6.71. The third-order valence-corrected chi connectivity index (χ3v) is 5.15. The molecule has 0 bridgehead atoms. The topological polar surface area (TPSA) is 40.6 Å². The molecule has 0 radical (unpaired) electrons. The molecule has 0 saturated heterocycles. The Morgan fingerprint density at radius 3 is 2.26 bits per heavy atom. The lowest BCUT2D eigenvalue weighted by Crippen LogP contribution is -2.42. The molecule has 1 aromatic carbocycles. The molecule has 6 heteroatoms. The van der Waals surface area contributed by atoms with Crippen molar-refractivity contribution in [2.45, 2.75) is 20.3 Å². The van der Waals surface area contributed by atoms with E-state index in [4.69, 9.17) is 11.6 Å². The zero-order chi connectivity index (χ0) is 14.5. The molecule has 0 N–H and O–H groups in total. The van der Waals surface area contributed by atoms with E-state index in [1.54, 1.807) is 7.05 Å². The Balaban J connectivity index is 2.98. The summed E-state index contributed by atoms with van der Waals surface area (Å²) in [7, 11) is -1.90. The van der Waals surface area contributed by atoms with E-state index in [1.165, 1.54) is 8.61 Å². The summed E-state index contributed by atoms with van der Waals surface area (Å²) in [6.45, 7) is 4.62. The molecule has 0 spiro atoms. The van der Waals surface area contributed by atoms with Gasteiger partial charge in [-0.15, -0.1) is 11.6 Å². The molecule has 19 heavy (non-hydrogen) atoms. The van der Waals surface area contributed by atoms with Gasteiger partial charge in [0.1, 0.15) is 0 Å². The number of benzene rings is 1. The first-order valence-electron chi connectivity index (χ1n) is 6.30. The Morgan fingerprint density at radius 2 is 1.79 bits per heavy atom. The number of nitrogens with zero attached hydrogens (tertiary/aromatic N) is 2. The van der Waals surface area contributed by atoms with Crippen LogP contribution in [0.4, 0.5) is 5.69 Å². The van der Waals surface area contributed by atoms with Gasteiger partial charge in [-0.1, -0.05) is 17.7 Å². The highest BCUT2D eigenvalue weighted by Crippen LogP contribution is 2.20. The van der Waals surface area contributed by atoms with Gasteiger partial charge in [0.2, 0.25) is 0 Å². The maximum absolute atomic E-state index is 12.5. The van der Waals surface area contributed by atoms with Crippen LogP contribution in [0.2, 0.25) is 0 Å². The van der Waals surface area contributed by atoms with Gasteiger partial charge in [0.15, 0.2) is 0 Å². The van der Waals surface area contributed by atoms with Crippen LogP contribution in [-0.4, -0.2) is 38.7 Å². The van der Waals surface area contributed by atoms with Crippen LogP contribution in [-0.2, 0) is 10.2 Å². The number of rotatable bonds is 7. The molecule has 0 aliphatic heterocycles. The molecule has 1 rings (SSSR count). The van der Waals surface area contributed by atoms with E-state index in [9.17, 15) is 8.42 Å². The molecule has 0 fully saturated rings. The average molecular weight is 305 g/mol. The fourth-order valence-electron chi connectivity index (χ4n) is 1.76. The highest BCUT2D eigenvalue weighted by atomic mass is 35.5. The fourth-order valence-corrected chi connectivity index (χ4v) is 3.29. The van der Waals surface area contributed by atoms with Gasteiger partial charge >= 0.3 is 10.2 Å². The molecule has 0 aromatic heterocycles. The van der Waals surface area contributed by atoms with Crippen molar-refractivity contribution in [3.05, 3.63) is 29.8 Å². The third-order valence-electron chi connectivity index (χ3n) is 2.89. The van der Waals surface area contributed by atoms with Crippen LogP contribution in [0.25, 0.3) is 0 Å². The van der Waals surface area contributed by atoms with Crippen LogP contribution in [0.1, 0.15) is 18.9 Å². The van der Waals surface area contributed by atoms with E-state index in [-0.39, 0.29) is 0 Å². The van der Waals surface area contributed by atoms with Gasteiger partial charge in [-0.05, 0) is 32.4 Å². The normalized spacial score (nSPS) is 11.8. The Hall–Kier alpha value is -0.780. The Bertz CT molecular complexity index is 488. The zero-order valence-corrected chi connectivity index (χ0v) is 13.2. The summed E-state index contributed by atoms with van der Waals surface area (Å²) in [5, 5.41) is 0. The molecule has 0 unspecified atom stereocenters. The minimum atomic E-state index is -3.48. The maximum Gasteiger partial charge on any atom is 0.303 e. The number of aryl methyl sites for hydroxylation is 1. The Labute approximate surface area is 121 Å². The van der Waals surface area contributed by atoms with Crippen molar-refractivity contribution < 1.29 is 8.42 Å². The molecular formula is C13H21ClN2O2S. The van der Waals surface area contributed by atoms with Crippen molar-refractivity contribution >= 4 is 27.5 Å². The van der Waals surface area contributed by atoms with Crippen LogP contribution >= 0.6 is 11.6 Å². The first kappa shape index (κ1) is 16.3. The summed E-state index contributed by atoms with van der Waals surface area (Å²) in [6, 6.07) is 7.47. The summed E-state index contributed by atoms with van der Waals surface area (Å²) in [5.74, 6) is 0.455. The lowest BCUT2D eigenvalue weighted by Gasteiger charge is -2.28. The van der Waals surface area contributed by atoms with Gasteiger partial charge in [0, 0.05) is 26.0 Å². The van der Waals surface area contributed by atoms with Crippen LogP contribution in [0.15, 0.2) is 24.3 Å². The van der Waals surface area contributed by atoms with Crippen LogP contribution < -0.4 is 4.31 Å². The van der Waals surface area contributed by atoms with Gasteiger partial charge < -0.3 is 0 Å². The van der Waals surface area contributed by atoms with Gasteiger partial charge in [-0.3, -0.25) is 4.31 Å². The summed E-state index contributed by atoms with van der Waals surface area (Å²) >= 11 is 5.61. The van der Waals surface area contributed by atoms with E-state index in [2.05, 4.69) is 0 Å². The van der Waals surface area contributed by atoms with Crippen molar-refractivity contribution in [1.82, 2.24) is 4.31 Å². The molecule has 0 aliphatic rings. The van der Waals surface area contributed by atoms with Gasteiger partial charge in [-0.25, -0.2) is 0 Å². The molecule has 0 heterocycles. The summed E-state index contributed by atoms with van der Waals surface area (Å²) in [5.41, 5.74) is 1.79. The van der Waals surface area contributed by atoms with Crippen molar-refractivity contribution in [3.63, 3.8) is 0 Å². The SMILES string of the molecule is CCN(c1ccc(C)cc1)S(=O)(=O)N(C)CCCCl. The Kier molecular flexibility index (Phi) is 6.10. The van der Waals surface area contributed by atoms with E-state index in [0.29, 0.717) is 31.1 Å². The van der Waals surface area contributed by atoms with Crippen LogP contribution in [0.3, 0.4) is 0 Å².